The van der Waals surface area contributed by atoms with Crippen LogP contribution in [0.1, 0.15) is 11.1 Å². The normalized spacial score (nSPS) is 15.2. The van der Waals surface area contributed by atoms with E-state index >= 15 is 0 Å². The lowest BCUT2D eigenvalue weighted by Gasteiger charge is -2.33. The van der Waals surface area contributed by atoms with Gasteiger partial charge >= 0.3 is 5.97 Å². The minimum atomic E-state index is -3.89. The number of sulfonamides is 2. The lowest BCUT2D eigenvalue weighted by molar-refractivity contribution is -0.151. The number of ether oxygens (including phenoxy) is 1. The molecule has 0 radical (unpaired) electrons. The molecule has 1 aliphatic rings. The van der Waals surface area contributed by atoms with E-state index in [-0.39, 0.29) is 36.0 Å². The zero-order chi connectivity index (χ0) is 24.9. The van der Waals surface area contributed by atoms with E-state index in [1.165, 1.54) is 21.3 Å². The van der Waals surface area contributed by atoms with E-state index in [4.69, 9.17) is 4.74 Å². The second-order valence-electron chi connectivity index (χ2n) is 7.90. The Labute approximate surface area is 199 Å². The molecule has 0 atom stereocenters. The SMILES string of the molecule is Cc1ccc(S(=O)(=O)NCC(=O)OCC(=O)N2CCN(S(=O)(=O)c3ccc(C)cc3)CC2)cc1. The minimum absolute atomic E-state index is 0.0143. The van der Waals surface area contributed by atoms with Crippen molar-refractivity contribution in [1.29, 1.82) is 0 Å². The molecule has 1 amide bonds. The van der Waals surface area contributed by atoms with Gasteiger partial charge in [-0.25, -0.2) is 16.8 Å². The van der Waals surface area contributed by atoms with Crippen molar-refractivity contribution >= 4 is 31.9 Å². The molecular formula is C22H27N3O7S2. The fourth-order valence-corrected chi connectivity index (χ4v) is 5.67. The van der Waals surface area contributed by atoms with Crippen molar-refractivity contribution in [2.75, 3.05) is 39.3 Å². The summed E-state index contributed by atoms with van der Waals surface area (Å²) in [6, 6.07) is 12.7. The van der Waals surface area contributed by atoms with Crippen LogP contribution in [-0.4, -0.2) is 77.2 Å². The number of nitrogens with one attached hydrogen (secondary N) is 1. The molecule has 0 spiro atoms. The quantitative estimate of drug-likeness (QED) is 0.517. The molecule has 1 heterocycles. The Balaban J connectivity index is 1.44. The molecule has 34 heavy (non-hydrogen) atoms. The summed E-state index contributed by atoms with van der Waals surface area (Å²) in [5, 5.41) is 0. The predicted molar refractivity (Wildman–Crippen MR) is 124 cm³/mol. The molecule has 1 fully saturated rings. The van der Waals surface area contributed by atoms with Gasteiger partial charge in [0.25, 0.3) is 5.91 Å². The Morgan fingerprint density at radius 3 is 1.85 bits per heavy atom. The van der Waals surface area contributed by atoms with E-state index in [2.05, 4.69) is 4.72 Å². The number of aryl methyl sites for hydroxylation is 2. The van der Waals surface area contributed by atoms with Gasteiger partial charge in [-0.1, -0.05) is 35.4 Å². The number of piperazine rings is 1. The molecule has 12 heteroatoms. The Kier molecular flexibility index (Phi) is 8.08. The third-order valence-electron chi connectivity index (χ3n) is 5.34. The molecule has 1 aliphatic heterocycles. The summed E-state index contributed by atoms with van der Waals surface area (Å²) in [6.45, 7) is 3.05. The molecule has 184 valence electrons. The highest BCUT2D eigenvalue weighted by Crippen LogP contribution is 2.18. The largest absolute Gasteiger partial charge is 0.455 e. The lowest BCUT2D eigenvalue weighted by Crippen LogP contribution is -2.51. The fraction of sp³-hybridized carbons (Fsp3) is 0.364. The van der Waals surface area contributed by atoms with E-state index < -0.39 is 45.1 Å². The number of benzene rings is 2. The van der Waals surface area contributed by atoms with Gasteiger partial charge in [0.15, 0.2) is 6.61 Å². The number of carbonyl (C=O) groups is 2. The van der Waals surface area contributed by atoms with E-state index in [0.29, 0.717) is 0 Å². The third-order valence-corrected chi connectivity index (χ3v) is 8.67. The third kappa shape index (κ3) is 6.41. The van der Waals surface area contributed by atoms with Crippen molar-refractivity contribution in [3.05, 3.63) is 59.7 Å². The first kappa shape index (κ1) is 25.8. The van der Waals surface area contributed by atoms with Gasteiger partial charge in [-0.05, 0) is 38.1 Å². The number of hydrogen-bond donors (Lipinski definition) is 1. The van der Waals surface area contributed by atoms with Crippen molar-refractivity contribution in [2.45, 2.75) is 23.6 Å². The highest BCUT2D eigenvalue weighted by molar-refractivity contribution is 7.89. The van der Waals surface area contributed by atoms with E-state index in [9.17, 15) is 26.4 Å². The standard InChI is InChI=1S/C22H27N3O7S2/c1-17-3-7-19(8-4-17)33(28,29)23-15-22(27)32-16-21(26)24-11-13-25(14-12-24)34(30,31)20-9-5-18(2)6-10-20/h3-10,23H,11-16H2,1-2H3. The van der Waals surface area contributed by atoms with Gasteiger partial charge in [0.05, 0.1) is 9.79 Å². The first-order chi connectivity index (χ1) is 16.0. The lowest BCUT2D eigenvalue weighted by atomic mass is 10.2. The van der Waals surface area contributed by atoms with Gasteiger partial charge in [0.2, 0.25) is 20.0 Å². The van der Waals surface area contributed by atoms with Crippen LogP contribution in [0.5, 0.6) is 0 Å². The van der Waals surface area contributed by atoms with Crippen LogP contribution in [0.25, 0.3) is 0 Å². The van der Waals surface area contributed by atoms with Gasteiger partial charge in [-0.15, -0.1) is 0 Å². The van der Waals surface area contributed by atoms with Crippen LogP contribution in [0.3, 0.4) is 0 Å². The van der Waals surface area contributed by atoms with Crippen LogP contribution in [0.2, 0.25) is 0 Å². The summed E-state index contributed by atoms with van der Waals surface area (Å²) < 4.78 is 58.3. The molecule has 0 saturated carbocycles. The number of rotatable bonds is 8. The molecule has 1 saturated heterocycles. The van der Waals surface area contributed by atoms with Gasteiger partial charge in [0.1, 0.15) is 6.54 Å². The van der Waals surface area contributed by atoms with Crippen molar-refractivity contribution < 1.29 is 31.2 Å². The van der Waals surface area contributed by atoms with Gasteiger partial charge < -0.3 is 9.64 Å². The Hall–Kier alpha value is -2.80. The second kappa shape index (κ2) is 10.6. The molecule has 2 aromatic carbocycles. The van der Waals surface area contributed by atoms with Gasteiger partial charge in [0, 0.05) is 26.2 Å². The summed E-state index contributed by atoms with van der Waals surface area (Å²) in [6.07, 6.45) is 0. The van der Waals surface area contributed by atoms with Crippen LogP contribution in [-0.2, 0) is 34.4 Å². The number of amides is 1. The van der Waals surface area contributed by atoms with E-state index in [0.717, 1.165) is 11.1 Å². The van der Waals surface area contributed by atoms with Gasteiger partial charge in [-0.2, -0.15) is 9.03 Å². The monoisotopic (exact) mass is 509 g/mol. The number of esters is 1. The molecular weight excluding hydrogens is 482 g/mol. The molecule has 0 unspecified atom stereocenters. The maximum atomic E-state index is 12.8. The molecule has 0 aliphatic carbocycles. The Morgan fingerprint density at radius 2 is 1.32 bits per heavy atom. The Morgan fingerprint density at radius 1 is 0.824 bits per heavy atom. The highest BCUT2D eigenvalue weighted by Gasteiger charge is 2.30. The maximum Gasteiger partial charge on any atom is 0.321 e. The van der Waals surface area contributed by atoms with Crippen LogP contribution < -0.4 is 4.72 Å². The topological polar surface area (TPSA) is 130 Å². The second-order valence-corrected chi connectivity index (χ2v) is 11.6. The van der Waals surface area contributed by atoms with E-state index in [1.807, 2.05) is 13.8 Å². The van der Waals surface area contributed by atoms with Crippen molar-refractivity contribution in [1.82, 2.24) is 13.9 Å². The highest BCUT2D eigenvalue weighted by atomic mass is 32.2. The van der Waals surface area contributed by atoms with Crippen molar-refractivity contribution in [3.8, 4) is 0 Å². The van der Waals surface area contributed by atoms with Crippen LogP contribution in [0.4, 0.5) is 0 Å². The number of carbonyl (C=O) groups excluding carboxylic acids is 2. The van der Waals surface area contributed by atoms with Gasteiger partial charge in [-0.3, -0.25) is 9.59 Å². The summed E-state index contributed by atoms with van der Waals surface area (Å²) in [7, 11) is -7.54. The molecule has 0 bridgehead atoms. The fourth-order valence-electron chi connectivity index (χ4n) is 3.28. The molecule has 1 N–H and O–H groups in total. The average molecular weight is 510 g/mol. The van der Waals surface area contributed by atoms with Crippen LogP contribution >= 0.6 is 0 Å². The van der Waals surface area contributed by atoms with Crippen LogP contribution in [0.15, 0.2) is 58.3 Å². The molecule has 3 rings (SSSR count). The number of hydrogen-bond acceptors (Lipinski definition) is 7. The first-order valence-electron chi connectivity index (χ1n) is 10.6. The smallest absolute Gasteiger partial charge is 0.321 e. The Bertz CT molecular complexity index is 1230. The maximum absolute atomic E-state index is 12.8. The summed E-state index contributed by atoms with van der Waals surface area (Å²) in [5.74, 6) is -1.38. The summed E-state index contributed by atoms with van der Waals surface area (Å²) in [4.78, 5) is 25.9. The van der Waals surface area contributed by atoms with Crippen molar-refractivity contribution in [2.24, 2.45) is 0 Å². The zero-order valence-electron chi connectivity index (χ0n) is 18.9. The zero-order valence-corrected chi connectivity index (χ0v) is 20.6. The van der Waals surface area contributed by atoms with Crippen molar-refractivity contribution in [3.63, 3.8) is 0 Å². The first-order valence-corrected chi connectivity index (χ1v) is 13.5. The van der Waals surface area contributed by atoms with E-state index in [1.54, 1.807) is 36.4 Å². The average Bonchev–Trinajstić information content (AvgIpc) is 2.82. The number of nitrogens with zero attached hydrogens (tertiary/aromatic N) is 2. The predicted octanol–water partition coefficient (Wildman–Crippen LogP) is 0.658. The summed E-state index contributed by atoms with van der Waals surface area (Å²) >= 11 is 0. The minimum Gasteiger partial charge on any atom is -0.455 e. The summed E-state index contributed by atoms with van der Waals surface area (Å²) in [5.41, 5.74) is 1.84. The molecule has 10 nitrogen and oxygen atoms in total. The molecule has 2 aromatic rings. The molecule has 0 aromatic heterocycles. The van der Waals surface area contributed by atoms with Crippen LogP contribution in [0, 0.1) is 13.8 Å².